The van der Waals surface area contributed by atoms with Crippen molar-refractivity contribution in [1.29, 1.82) is 0 Å². The van der Waals surface area contributed by atoms with Crippen molar-refractivity contribution in [3.05, 3.63) is 112 Å². The molecule has 0 saturated heterocycles. The van der Waals surface area contributed by atoms with E-state index in [2.05, 4.69) is 21.3 Å². The van der Waals surface area contributed by atoms with Crippen LogP contribution in [0.5, 0.6) is 5.75 Å². The highest BCUT2D eigenvalue weighted by atomic mass is 32.2. The SMILES string of the molecule is CC[C@@H]1CN(Cc2cc([C@@H](c3ccc4c(c3C)NNN4CC)C(C)(C)NC(=O)c3cncc(C(F)(F)F)c3)ccc2C)S(=O)(=O)c2ccccc2O1. The van der Waals surface area contributed by atoms with Gasteiger partial charge in [-0.2, -0.15) is 17.5 Å². The van der Waals surface area contributed by atoms with Gasteiger partial charge in [-0.1, -0.05) is 43.3 Å². The first-order valence-electron chi connectivity index (χ1n) is 17.2. The van der Waals surface area contributed by atoms with Gasteiger partial charge >= 0.3 is 6.18 Å². The number of aryl methyl sites for hydroxylation is 1. The second kappa shape index (κ2) is 14.1. The molecule has 1 aromatic heterocycles. The number of nitrogens with one attached hydrogen (secondary N) is 3. The Kier molecular flexibility index (Phi) is 10.0. The molecule has 2 aliphatic heterocycles. The van der Waals surface area contributed by atoms with E-state index in [0.29, 0.717) is 24.9 Å². The highest BCUT2D eigenvalue weighted by Gasteiger charge is 2.39. The zero-order chi connectivity index (χ0) is 37.6. The van der Waals surface area contributed by atoms with Crippen molar-refractivity contribution in [3.8, 4) is 5.75 Å². The van der Waals surface area contributed by atoms with Crippen molar-refractivity contribution in [1.82, 2.24) is 20.1 Å². The maximum absolute atomic E-state index is 14.1. The van der Waals surface area contributed by atoms with Crippen LogP contribution in [0, 0.1) is 13.8 Å². The number of fused-ring (bicyclic) bond motifs is 2. The topological polar surface area (TPSA) is 116 Å². The number of carbonyl (C=O) groups is 1. The molecule has 0 saturated carbocycles. The molecule has 14 heteroatoms. The summed E-state index contributed by atoms with van der Waals surface area (Å²) in [6, 6.07) is 17.3. The molecule has 0 radical (unpaired) electrons. The summed E-state index contributed by atoms with van der Waals surface area (Å²) < 4.78 is 76.3. The second-order valence-electron chi connectivity index (χ2n) is 13.8. The molecular formula is C38H43F3N6O4S. The predicted octanol–water partition coefficient (Wildman–Crippen LogP) is 7.09. The van der Waals surface area contributed by atoms with Crippen LogP contribution in [0.3, 0.4) is 0 Å². The number of hydrogen-bond donors (Lipinski definition) is 3. The third kappa shape index (κ3) is 7.06. The van der Waals surface area contributed by atoms with E-state index < -0.39 is 39.1 Å². The number of rotatable bonds is 9. The molecule has 3 N–H and O–H groups in total. The van der Waals surface area contributed by atoms with E-state index in [1.54, 1.807) is 24.3 Å². The van der Waals surface area contributed by atoms with Crippen LogP contribution in [0.2, 0.25) is 0 Å². The molecular weight excluding hydrogens is 694 g/mol. The Hall–Kier alpha value is -4.66. The average Bonchev–Trinajstić information content (AvgIpc) is 3.49. The Bertz CT molecular complexity index is 2110. The summed E-state index contributed by atoms with van der Waals surface area (Å²) in [5.41, 5.74) is 10.1. The minimum atomic E-state index is -4.67. The van der Waals surface area contributed by atoms with Crippen LogP contribution >= 0.6 is 0 Å². The maximum atomic E-state index is 14.1. The smallest absolute Gasteiger partial charge is 0.417 e. The van der Waals surface area contributed by atoms with Gasteiger partial charge < -0.3 is 15.5 Å². The number of amides is 1. The van der Waals surface area contributed by atoms with Gasteiger partial charge in [0.05, 0.1) is 29.0 Å². The second-order valence-corrected chi connectivity index (χ2v) is 15.7. The van der Waals surface area contributed by atoms with Crippen molar-refractivity contribution in [2.45, 2.75) is 83.1 Å². The quantitative estimate of drug-likeness (QED) is 0.167. The number of pyridine rings is 1. The van der Waals surface area contributed by atoms with Crippen molar-refractivity contribution >= 4 is 27.3 Å². The number of halogens is 3. The van der Waals surface area contributed by atoms with Gasteiger partial charge in [0.2, 0.25) is 10.0 Å². The number of para-hydroxylation sites is 1. The maximum Gasteiger partial charge on any atom is 0.417 e. The summed E-state index contributed by atoms with van der Waals surface area (Å²) >= 11 is 0. The number of nitrogens with zero attached hydrogens (tertiary/aromatic N) is 3. The zero-order valence-corrected chi connectivity index (χ0v) is 30.7. The zero-order valence-electron chi connectivity index (χ0n) is 29.9. The number of carbonyl (C=O) groups excluding carboxylic acids is 1. The molecule has 276 valence electrons. The van der Waals surface area contributed by atoms with E-state index in [9.17, 15) is 26.4 Å². The minimum Gasteiger partial charge on any atom is -0.488 e. The number of aromatic nitrogens is 1. The van der Waals surface area contributed by atoms with Gasteiger partial charge in [-0.05, 0) is 93.1 Å². The van der Waals surface area contributed by atoms with Gasteiger partial charge in [0.1, 0.15) is 16.7 Å². The van der Waals surface area contributed by atoms with Crippen molar-refractivity contribution in [2.75, 3.05) is 23.5 Å². The summed E-state index contributed by atoms with van der Waals surface area (Å²) in [6.45, 7) is 12.4. The number of anilines is 2. The number of ether oxygens (including phenoxy) is 1. The van der Waals surface area contributed by atoms with E-state index >= 15 is 0 Å². The lowest BCUT2D eigenvalue weighted by atomic mass is 9.74. The van der Waals surface area contributed by atoms with Gasteiger partial charge in [0.15, 0.2) is 0 Å². The molecule has 2 atom stereocenters. The van der Waals surface area contributed by atoms with Crippen LogP contribution in [0.1, 0.15) is 83.8 Å². The van der Waals surface area contributed by atoms with Crippen LogP contribution in [-0.4, -0.2) is 48.3 Å². The summed E-state index contributed by atoms with van der Waals surface area (Å²) in [4.78, 5) is 17.5. The molecule has 2 aliphatic rings. The normalized spacial score (nSPS) is 17.7. The van der Waals surface area contributed by atoms with E-state index in [1.807, 2.05) is 76.9 Å². The fourth-order valence-electron chi connectivity index (χ4n) is 7.02. The Morgan fingerprint density at radius 2 is 1.81 bits per heavy atom. The van der Waals surface area contributed by atoms with Crippen LogP contribution in [0.25, 0.3) is 0 Å². The fourth-order valence-corrected chi connectivity index (χ4v) is 8.59. The van der Waals surface area contributed by atoms with E-state index in [4.69, 9.17) is 4.74 Å². The molecule has 0 fully saturated rings. The largest absolute Gasteiger partial charge is 0.488 e. The lowest BCUT2D eigenvalue weighted by Gasteiger charge is -2.38. The standard InChI is InChI=1S/C38H43F3N6O4S/c1-7-29-22-46(52(49,50)33-12-10-9-11-32(33)51-29)21-27-17-25(14-13-23(27)3)34(30-15-16-31-35(24(30)4)44-45-47(31)8-2)37(5,6)43-36(48)26-18-28(20-42-19-26)38(39,40)41/h9-20,29,34,44-45H,7-8,21-22H2,1-6H3,(H,43,48)/t29-,34+/m1/s1. The fraction of sp³-hybridized carbons (Fsp3) is 0.368. The van der Waals surface area contributed by atoms with Gasteiger partial charge in [-0.3, -0.25) is 14.8 Å². The van der Waals surface area contributed by atoms with Crippen molar-refractivity contribution in [2.24, 2.45) is 0 Å². The number of alkyl halides is 3. The molecule has 3 aromatic carbocycles. The molecule has 4 aromatic rings. The number of hydrogen-bond acceptors (Lipinski definition) is 8. The molecule has 6 rings (SSSR count). The summed E-state index contributed by atoms with van der Waals surface area (Å²) in [5, 5.41) is 4.97. The molecule has 0 aliphatic carbocycles. The van der Waals surface area contributed by atoms with E-state index in [-0.39, 0.29) is 29.7 Å². The average molecular weight is 737 g/mol. The predicted molar refractivity (Wildman–Crippen MR) is 194 cm³/mol. The first kappa shape index (κ1) is 37.1. The van der Waals surface area contributed by atoms with Gasteiger partial charge in [0.25, 0.3) is 5.91 Å². The van der Waals surface area contributed by atoms with E-state index in [0.717, 1.165) is 51.5 Å². The molecule has 0 bridgehead atoms. The lowest BCUT2D eigenvalue weighted by molar-refractivity contribution is -0.137. The Morgan fingerprint density at radius 1 is 1.06 bits per heavy atom. The highest BCUT2D eigenvalue weighted by Crippen LogP contribution is 2.43. The number of sulfonamides is 1. The number of benzene rings is 3. The molecule has 52 heavy (non-hydrogen) atoms. The minimum absolute atomic E-state index is 0.0751. The van der Waals surface area contributed by atoms with Crippen LogP contribution in [-0.2, 0) is 22.7 Å². The molecule has 0 unspecified atom stereocenters. The van der Waals surface area contributed by atoms with Crippen LogP contribution < -0.4 is 26.0 Å². The third-order valence-corrected chi connectivity index (χ3v) is 11.7. The summed E-state index contributed by atoms with van der Waals surface area (Å²) in [7, 11) is -3.93. The highest BCUT2D eigenvalue weighted by molar-refractivity contribution is 7.89. The monoisotopic (exact) mass is 736 g/mol. The van der Waals surface area contributed by atoms with Crippen molar-refractivity contribution < 1.29 is 31.1 Å². The van der Waals surface area contributed by atoms with Crippen LogP contribution in [0.15, 0.2) is 78.0 Å². The van der Waals surface area contributed by atoms with Crippen LogP contribution in [0.4, 0.5) is 24.5 Å². The summed E-state index contributed by atoms with van der Waals surface area (Å²) in [5.74, 6) is -0.921. The molecule has 3 heterocycles. The first-order valence-corrected chi connectivity index (χ1v) is 18.6. The van der Waals surface area contributed by atoms with E-state index in [1.165, 1.54) is 4.31 Å². The number of hydrazine groups is 2. The van der Waals surface area contributed by atoms with Gasteiger partial charge in [-0.15, -0.1) is 5.53 Å². The third-order valence-electron chi connectivity index (χ3n) is 9.88. The summed E-state index contributed by atoms with van der Waals surface area (Å²) in [6.07, 6.45) is -2.62. The molecule has 10 nitrogen and oxygen atoms in total. The van der Waals surface area contributed by atoms with Crippen molar-refractivity contribution in [3.63, 3.8) is 0 Å². The molecule has 1 amide bonds. The van der Waals surface area contributed by atoms with Gasteiger partial charge in [0, 0.05) is 36.9 Å². The Morgan fingerprint density at radius 3 is 2.52 bits per heavy atom. The Balaban J connectivity index is 1.43. The first-order chi connectivity index (χ1) is 24.5. The Labute approximate surface area is 302 Å². The lowest BCUT2D eigenvalue weighted by Crippen LogP contribution is -2.48. The molecule has 0 spiro atoms. The van der Waals surface area contributed by atoms with Gasteiger partial charge in [-0.25, -0.2) is 8.42 Å².